The number of rotatable bonds is 7. The van der Waals surface area contributed by atoms with Crippen molar-refractivity contribution >= 4 is 5.91 Å². The maximum atomic E-state index is 13.1. The standard InChI is InChI=1S/C24H30N2O3/c1-28-19-7-3-5-17(13-19)23(18-6-4-8-20(14-18)29-2)26-24(27)22-15-21(22)16-9-11-25-12-10-16/h3-8,13-14,16,21-23,25H,9-12,15H2,1-2H3,(H,26,27)/t21-,22+/m0/s1. The van der Waals surface area contributed by atoms with Gasteiger partial charge in [0.1, 0.15) is 11.5 Å². The highest BCUT2D eigenvalue weighted by molar-refractivity contribution is 5.82. The van der Waals surface area contributed by atoms with Gasteiger partial charge in [-0.05, 0) is 79.6 Å². The zero-order valence-corrected chi connectivity index (χ0v) is 17.2. The molecular formula is C24H30N2O3. The lowest BCUT2D eigenvalue weighted by molar-refractivity contribution is -0.123. The Morgan fingerprint density at radius 1 is 1.00 bits per heavy atom. The van der Waals surface area contributed by atoms with Crippen LogP contribution in [-0.2, 0) is 4.79 Å². The van der Waals surface area contributed by atoms with Crippen LogP contribution in [0.3, 0.4) is 0 Å². The van der Waals surface area contributed by atoms with Gasteiger partial charge in [0.2, 0.25) is 5.91 Å². The van der Waals surface area contributed by atoms with E-state index in [2.05, 4.69) is 10.6 Å². The van der Waals surface area contributed by atoms with E-state index in [9.17, 15) is 4.79 Å². The quantitative estimate of drug-likeness (QED) is 0.754. The Morgan fingerprint density at radius 2 is 1.59 bits per heavy atom. The topological polar surface area (TPSA) is 59.6 Å². The largest absolute Gasteiger partial charge is 0.497 e. The number of methoxy groups -OCH3 is 2. The molecule has 0 radical (unpaired) electrons. The average Bonchev–Trinajstić information content (AvgIpc) is 3.59. The molecule has 1 saturated heterocycles. The number of hydrogen-bond donors (Lipinski definition) is 2. The van der Waals surface area contributed by atoms with Crippen LogP contribution in [0.5, 0.6) is 11.5 Å². The summed E-state index contributed by atoms with van der Waals surface area (Å²) in [6.07, 6.45) is 3.38. The van der Waals surface area contributed by atoms with Crippen LogP contribution in [0.4, 0.5) is 0 Å². The molecule has 1 amide bonds. The highest BCUT2D eigenvalue weighted by Gasteiger charge is 2.47. The third-order valence-electron chi connectivity index (χ3n) is 6.31. The van der Waals surface area contributed by atoms with Gasteiger partial charge in [0.15, 0.2) is 0 Å². The summed E-state index contributed by atoms with van der Waals surface area (Å²) in [7, 11) is 3.32. The van der Waals surface area contributed by atoms with Crippen molar-refractivity contribution in [1.82, 2.24) is 10.6 Å². The molecule has 2 atom stereocenters. The second-order valence-electron chi connectivity index (χ2n) is 8.09. The summed E-state index contributed by atoms with van der Waals surface area (Å²) < 4.78 is 10.8. The molecule has 5 heteroatoms. The fourth-order valence-corrected chi connectivity index (χ4v) is 4.56. The second kappa shape index (κ2) is 8.87. The van der Waals surface area contributed by atoms with Crippen LogP contribution in [0.15, 0.2) is 48.5 Å². The molecule has 1 aliphatic carbocycles. The Bertz CT molecular complexity index is 800. The summed E-state index contributed by atoms with van der Waals surface area (Å²) >= 11 is 0. The van der Waals surface area contributed by atoms with Gasteiger partial charge in [0, 0.05) is 5.92 Å². The number of amides is 1. The molecule has 0 bridgehead atoms. The van der Waals surface area contributed by atoms with Crippen LogP contribution in [0, 0.1) is 17.8 Å². The minimum Gasteiger partial charge on any atom is -0.497 e. The summed E-state index contributed by atoms with van der Waals surface area (Å²) in [4.78, 5) is 13.1. The van der Waals surface area contributed by atoms with Gasteiger partial charge in [-0.2, -0.15) is 0 Å². The predicted molar refractivity (Wildman–Crippen MR) is 113 cm³/mol. The smallest absolute Gasteiger partial charge is 0.224 e. The Morgan fingerprint density at radius 3 is 2.14 bits per heavy atom. The van der Waals surface area contributed by atoms with Crippen molar-refractivity contribution < 1.29 is 14.3 Å². The van der Waals surface area contributed by atoms with Crippen molar-refractivity contribution in [3.05, 3.63) is 59.7 Å². The fourth-order valence-electron chi connectivity index (χ4n) is 4.56. The van der Waals surface area contributed by atoms with Crippen molar-refractivity contribution in [1.29, 1.82) is 0 Å². The van der Waals surface area contributed by atoms with E-state index in [0.29, 0.717) is 11.8 Å². The Hall–Kier alpha value is -2.53. The predicted octanol–water partition coefficient (Wildman–Crippen LogP) is 3.55. The number of carbonyl (C=O) groups excluding carboxylic acids is 1. The van der Waals surface area contributed by atoms with Crippen molar-refractivity contribution in [2.45, 2.75) is 25.3 Å². The molecule has 2 N–H and O–H groups in total. The SMILES string of the molecule is COc1cccc(C(NC(=O)[C@@H]2C[C@H]2C2CCNCC2)c2cccc(OC)c2)c1. The molecule has 0 unspecified atom stereocenters. The molecule has 0 spiro atoms. The summed E-state index contributed by atoms with van der Waals surface area (Å²) in [6, 6.07) is 15.6. The molecular weight excluding hydrogens is 364 g/mol. The van der Waals surface area contributed by atoms with E-state index in [0.717, 1.165) is 42.1 Å². The van der Waals surface area contributed by atoms with Crippen molar-refractivity contribution in [3.8, 4) is 11.5 Å². The minimum absolute atomic E-state index is 0.136. The first-order valence-corrected chi connectivity index (χ1v) is 10.5. The molecule has 5 nitrogen and oxygen atoms in total. The van der Waals surface area contributed by atoms with Gasteiger partial charge in [0.25, 0.3) is 0 Å². The van der Waals surface area contributed by atoms with Crippen LogP contribution in [0.25, 0.3) is 0 Å². The van der Waals surface area contributed by atoms with E-state index in [-0.39, 0.29) is 17.9 Å². The van der Waals surface area contributed by atoms with Crippen LogP contribution in [0.2, 0.25) is 0 Å². The van der Waals surface area contributed by atoms with Crippen molar-refractivity contribution in [2.75, 3.05) is 27.3 Å². The first-order valence-electron chi connectivity index (χ1n) is 10.5. The molecule has 154 valence electrons. The highest BCUT2D eigenvalue weighted by atomic mass is 16.5. The molecule has 2 aromatic rings. The maximum Gasteiger partial charge on any atom is 0.224 e. The lowest BCUT2D eigenvalue weighted by Crippen LogP contribution is -2.33. The summed E-state index contributed by atoms with van der Waals surface area (Å²) in [5, 5.41) is 6.73. The average molecular weight is 395 g/mol. The summed E-state index contributed by atoms with van der Waals surface area (Å²) in [5.41, 5.74) is 2.01. The number of benzene rings is 2. The van der Waals surface area contributed by atoms with E-state index in [1.54, 1.807) is 14.2 Å². The molecule has 4 rings (SSSR count). The van der Waals surface area contributed by atoms with E-state index in [4.69, 9.17) is 9.47 Å². The van der Waals surface area contributed by atoms with Gasteiger partial charge < -0.3 is 20.1 Å². The van der Waals surface area contributed by atoms with Gasteiger partial charge in [-0.25, -0.2) is 0 Å². The fraction of sp³-hybridized carbons (Fsp3) is 0.458. The molecule has 2 aromatic carbocycles. The zero-order chi connectivity index (χ0) is 20.2. The van der Waals surface area contributed by atoms with Crippen molar-refractivity contribution in [2.24, 2.45) is 17.8 Å². The van der Waals surface area contributed by atoms with Crippen LogP contribution in [0.1, 0.15) is 36.4 Å². The maximum absolute atomic E-state index is 13.1. The van der Waals surface area contributed by atoms with E-state index in [1.807, 2.05) is 48.5 Å². The monoisotopic (exact) mass is 394 g/mol. The Balaban J connectivity index is 1.54. The van der Waals surface area contributed by atoms with Crippen LogP contribution >= 0.6 is 0 Å². The third-order valence-corrected chi connectivity index (χ3v) is 6.31. The second-order valence-corrected chi connectivity index (χ2v) is 8.09. The number of hydrogen-bond acceptors (Lipinski definition) is 4. The third kappa shape index (κ3) is 4.56. The molecule has 1 aliphatic heterocycles. The Labute approximate surface area is 172 Å². The van der Waals surface area contributed by atoms with Gasteiger partial charge in [-0.1, -0.05) is 24.3 Å². The molecule has 0 aromatic heterocycles. The van der Waals surface area contributed by atoms with E-state index < -0.39 is 0 Å². The molecule has 1 saturated carbocycles. The first kappa shape index (κ1) is 19.8. The Kier molecular flexibility index (Phi) is 6.05. The number of piperidine rings is 1. The normalized spacial score (nSPS) is 21.6. The molecule has 1 heterocycles. The first-order chi connectivity index (χ1) is 14.2. The van der Waals surface area contributed by atoms with Crippen LogP contribution in [-0.4, -0.2) is 33.2 Å². The number of ether oxygens (including phenoxy) is 2. The minimum atomic E-state index is -0.234. The van der Waals surface area contributed by atoms with Gasteiger partial charge in [-0.3, -0.25) is 4.79 Å². The molecule has 2 fully saturated rings. The van der Waals surface area contributed by atoms with Crippen molar-refractivity contribution in [3.63, 3.8) is 0 Å². The van der Waals surface area contributed by atoms with Gasteiger partial charge in [0.05, 0.1) is 20.3 Å². The lowest BCUT2D eigenvalue weighted by atomic mass is 9.91. The summed E-state index contributed by atoms with van der Waals surface area (Å²) in [5.74, 6) is 3.07. The van der Waals surface area contributed by atoms with Gasteiger partial charge >= 0.3 is 0 Å². The molecule has 2 aliphatic rings. The zero-order valence-electron chi connectivity index (χ0n) is 17.2. The van der Waals surface area contributed by atoms with E-state index >= 15 is 0 Å². The number of nitrogens with one attached hydrogen (secondary N) is 2. The lowest BCUT2D eigenvalue weighted by Gasteiger charge is -2.24. The number of carbonyl (C=O) groups is 1. The summed E-state index contributed by atoms with van der Waals surface area (Å²) in [6.45, 7) is 2.15. The molecule has 29 heavy (non-hydrogen) atoms. The van der Waals surface area contributed by atoms with Crippen LogP contribution < -0.4 is 20.1 Å². The highest BCUT2D eigenvalue weighted by Crippen LogP contribution is 2.47. The van der Waals surface area contributed by atoms with E-state index in [1.165, 1.54) is 12.8 Å². The van der Waals surface area contributed by atoms with Gasteiger partial charge in [-0.15, -0.1) is 0 Å².